The Morgan fingerprint density at radius 3 is 2.75 bits per heavy atom. The van der Waals surface area contributed by atoms with E-state index < -0.39 is 0 Å². The van der Waals surface area contributed by atoms with Gasteiger partial charge in [-0.2, -0.15) is 0 Å². The topological polar surface area (TPSA) is 34.1 Å². The summed E-state index contributed by atoms with van der Waals surface area (Å²) in [6.07, 6.45) is 0. The maximum absolute atomic E-state index is 5.54. The number of nitrogens with one attached hydrogen (secondary N) is 1. The van der Waals surface area contributed by atoms with Crippen molar-refractivity contribution in [3.8, 4) is 0 Å². The van der Waals surface area contributed by atoms with Crippen LogP contribution < -0.4 is 5.32 Å². The lowest BCUT2D eigenvalue weighted by Gasteiger charge is -2.05. The Morgan fingerprint density at radius 2 is 2.12 bits per heavy atom. The van der Waals surface area contributed by atoms with Gasteiger partial charge in [-0.3, -0.25) is 0 Å². The van der Waals surface area contributed by atoms with Gasteiger partial charge in [-0.15, -0.1) is 11.3 Å². The van der Waals surface area contributed by atoms with E-state index >= 15 is 0 Å². The highest BCUT2D eigenvalue weighted by molar-refractivity contribution is 7.09. The van der Waals surface area contributed by atoms with Crippen molar-refractivity contribution in [2.24, 2.45) is 5.92 Å². The average Bonchev–Trinajstić information content (AvgIpc) is 2.62. The molecule has 0 saturated heterocycles. The average molecular weight is 242 g/mol. The molecule has 4 heteroatoms. The van der Waals surface area contributed by atoms with E-state index in [-0.39, 0.29) is 0 Å². The summed E-state index contributed by atoms with van der Waals surface area (Å²) in [4.78, 5) is 4.51. The monoisotopic (exact) mass is 242 g/mol. The molecule has 0 fully saturated rings. The van der Waals surface area contributed by atoms with Crippen molar-refractivity contribution in [2.45, 2.75) is 46.9 Å². The highest BCUT2D eigenvalue weighted by Gasteiger charge is 2.03. The number of rotatable bonds is 7. The summed E-state index contributed by atoms with van der Waals surface area (Å²) < 4.78 is 5.54. The van der Waals surface area contributed by atoms with Crippen molar-refractivity contribution >= 4 is 11.3 Å². The van der Waals surface area contributed by atoms with Crippen molar-refractivity contribution in [3.05, 3.63) is 16.1 Å². The van der Waals surface area contributed by atoms with E-state index in [0.717, 1.165) is 23.9 Å². The fraction of sp³-hybridized carbons (Fsp3) is 0.750. The van der Waals surface area contributed by atoms with Crippen LogP contribution in [0.25, 0.3) is 0 Å². The molecule has 1 N–H and O–H groups in total. The number of hydrogen-bond donors (Lipinski definition) is 1. The molecule has 0 saturated carbocycles. The Balaban J connectivity index is 2.28. The number of nitrogens with zero attached hydrogens (tertiary/aromatic N) is 1. The first-order valence-corrected chi connectivity index (χ1v) is 6.70. The Kier molecular flexibility index (Phi) is 5.95. The van der Waals surface area contributed by atoms with Gasteiger partial charge in [0.05, 0.1) is 12.3 Å². The smallest absolute Gasteiger partial charge is 0.107 e. The Bertz CT molecular complexity index is 297. The molecule has 0 aliphatic rings. The van der Waals surface area contributed by atoms with Crippen molar-refractivity contribution in [1.29, 1.82) is 0 Å². The fourth-order valence-corrected chi connectivity index (χ4v) is 1.92. The third kappa shape index (κ3) is 5.58. The molecule has 0 bridgehead atoms. The van der Waals surface area contributed by atoms with Gasteiger partial charge in [-0.05, 0) is 5.92 Å². The molecule has 92 valence electrons. The molecule has 1 aromatic rings. The highest BCUT2D eigenvalue weighted by Crippen LogP contribution is 2.11. The number of hydrogen-bond acceptors (Lipinski definition) is 4. The molecule has 0 atom stereocenters. The van der Waals surface area contributed by atoms with Gasteiger partial charge in [-0.25, -0.2) is 4.98 Å². The highest BCUT2D eigenvalue weighted by atomic mass is 32.1. The van der Waals surface area contributed by atoms with E-state index in [2.05, 4.69) is 43.4 Å². The Labute approximate surface area is 102 Å². The number of aromatic nitrogens is 1. The lowest BCUT2D eigenvalue weighted by atomic mass is 10.2. The van der Waals surface area contributed by atoms with E-state index in [1.54, 1.807) is 11.3 Å². The van der Waals surface area contributed by atoms with Crippen LogP contribution in [0.2, 0.25) is 0 Å². The molecule has 0 spiro atoms. The predicted octanol–water partition coefficient (Wildman–Crippen LogP) is 2.81. The molecule has 0 radical (unpaired) electrons. The Morgan fingerprint density at radius 1 is 1.38 bits per heavy atom. The minimum absolute atomic E-state index is 0.504. The zero-order valence-corrected chi connectivity index (χ0v) is 11.4. The van der Waals surface area contributed by atoms with Gasteiger partial charge in [0, 0.05) is 24.6 Å². The largest absolute Gasteiger partial charge is 0.375 e. The van der Waals surface area contributed by atoms with Gasteiger partial charge in [0.1, 0.15) is 5.01 Å². The predicted molar refractivity (Wildman–Crippen MR) is 68.6 cm³/mol. The maximum atomic E-state index is 5.54. The van der Waals surface area contributed by atoms with Crippen LogP contribution in [0.5, 0.6) is 0 Å². The summed E-state index contributed by atoms with van der Waals surface area (Å²) in [6, 6.07) is 0.504. The molecule has 1 rings (SSSR count). The molecule has 1 aromatic heterocycles. The van der Waals surface area contributed by atoms with E-state index in [4.69, 9.17) is 4.74 Å². The number of thiazole rings is 1. The quantitative estimate of drug-likeness (QED) is 0.798. The SMILES string of the molecule is CC(C)COCc1csc(CNC(C)C)n1. The second kappa shape index (κ2) is 6.99. The van der Waals surface area contributed by atoms with Crippen molar-refractivity contribution in [1.82, 2.24) is 10.3 Å². The van der Waals surface area contributed by atoms with Crippen molar-refractivity contribution in [3.63, 3.8) is 0 Å². The minimum Gasteiger partial charge on any atom is -0.375 e. The normalized spacial score (nSPS) is 11.6. The van der Waals surface area contributed by atoms with Crippen LogP contribution in [-0.2, 0) is 17.9 Å². The van der Waals surface area contributed by atoms with Crippen LogP contribution in [0, 0.1) is 5.92 Å². The van der Waals surface area contributed by atoms with Crippen LogP contribution >= 0.6 is 11.3 Å². The van der Waals surface area contributed by atoms with Gasteiger partial charge in [0.15, 0.2) is 0 Å². The van der Waals surface area contributed by atoms with Crippen molar-refractivity contribution < 1.29 is 4.74 Å². The first-order chi connectivity index (χ1) is 7.58. The van der Waals surface area contributed by atoms with Crippen LogP contribution in [0.4, 0.5) is 0 Å². The second-order valence-electron chi connectivity index (χ2n) is 4.68. The van der Waals surface area contributed by atoms with Gasteiger partial charge in [0.2, 0.25) is 0 Å². The van der Waals surface area contributed by atoms with Crippen molar-refractivity contribution in [2.75, 3.05) is 6.61 Å². The molecule has 16 heavy (non-hydrogen) atoms. The maximum Gasteiger partial charge on any atom is 0.107 e. The van der Waals surface area contributed by atoms with Gasteiger partial charge < -0.3 is 10.1 Å². The summed E-state index contributed by atoms with van der Waals surface area (Å²) in [7, 11) is 0. The van der Waals surface area contributed by atoms with E-state index in [1.165, 1.54) is 0 Å². The molecule has 0 aliphatic carbocycles. The molecular weight excluding hydrogens is 220 g/mol. The standard InChI is InChI=1S/C12H22N2OS/c1-9(2)6-15-7-11-8-16-12(14-11)5-13-10(3)4/h8-10,13H,5-7H2,1-4H3. The number of ether oxygens (including phenoxy) is 1. The molecule has 0 unspecified atom stereocenters. The molecular formula is C12H22N2OS. The summed E-state index contributed by atoms with van der Waals surface area (Å²) in [5.74, 6) is 0.584. The molecule has 0 amide bonds. The van der Waals surface area contributed by atoms with Crippen LogP contribution in [0.1, 0.15) is 38.4 Å². The van der Waals surface area contributed by atoms with Gasteiger partial charge in [-0.1, -0.05) is 27.7 Å². The van der Waals surface area contributed by atoms with Crippen LogP contribution in [0.15, 0.2) is 5.38 Å². The first kappa shape index (κ1) is 13.6. The molecule has 0 aromatic carbocycles. The molecule has 3 nitrogen and oxygen atoms in total. The first-order valence-electron chi connectivity index (χ1n) is 5.82. The lowest BCUT2D eigenvalue weighted by molar-refractivity contribution is 0.0950. The zero-order chi connectivity index (χ0) is 12.0. The molecule has 0 aliphatic heterocycles. The van der Waals surface area contributed by atoms with Crippen LogP contribution in [0.3, 0.4) is 0 Å². The molecule has 1 heterocycles. The summed E-state index contributed by atoms with van der Waals surface area (Å²) in [6.45, 7) is 10.9. The van der Waals surface area contributed by atoms with Gasteiger partial charge in [0.25, 0.3) is 0 Å². The van der Waals surface area contributed by atoms with E-state index in [0.29, 0.717) is 18.6 Å². The van der Waals surface area contributed by atoms with E-state index in [9.17, 15) is 0 Å². The third-order valence-electron chi connectivity index (χ3n) is 1.96. The van der Waals surface area contributed by atoms with Crippen LogP contribution in [-0.4, -0.2) is 17.6 Å². The minimum atomic E-state index is 0.504. The lowest BCUT2D eigenvalue weighted by Crippen LogP contribution is -2.21. The summed E-state index contributed by atoms with van der Waals surface area (Å²) >= 11 is 1.70. The third-order valence-corrected chi connectivity index (χ3v) is 2.86. The second-order valence-corrected chi connectivity index (χ2v) is 5.62. The summed E-state index contributed by atoms with van der Waals surface area (Å²) in [5, 5.41) is 6.57. The Hall–Kier alpha value is -0.450. The zero-order valence-electron chi connectivity index (χ0n) is 10.6. The summed E-state index contributed by atoms with van der Waals surface area (Å²) in [5.41, 5.74) is 1.05. The van der Waals surface area contributed by atoms with Gasteiger partial charge >= 0.3 is 0 Å². The fourth-order valence-electron chi connectivity index (χ4n) is 1.19. The van der Waals surface area contributed by atoms with E-state index in [1.807, 2.05) is 0 Å².